The minimum absolute atomic E-state index is 0.170. The Kier molecular flexibility index (Phi) is 7.72. The highest BCUT2D eigenvalue weighted by Crippen LogP contribution is 1.67. The van der Waals surface area contributed by atoms with E-state index in [-0.39, 0.29) is 5.96 Å². The SMILES string of the molecule is CC=N/C=N\NC(N)=NCC=NC=N. The van der Waals surface area contributed by atoms with Crippen LogP contribution in [-0.4, -0.2) is 37.6 Å². The maximum atomic E-state index is 6.59. The Morgan fingerprint density at radius 1 is 1.50 bits per heavy atom. The van der Waals surface area contributed by atoms with Gasteiger partial charge in [0.05, 0.1) is 6.54 Å². The summed E-state index contributed by atoms with van der Waals surface area (Å²) in [6.45, 7) is 2.08. The Morgan fingerprint density at radius 3 is 2.93 bits per heavy atom. The van der Waals surface area contributed by atoms with Gasteiger partial charge in [-0.25, -0.2) is 20.4 Å². The molecule has 0 aromatic carbocycles. The van der Waals surface area contributed by atoms with Crippen molar-refractivity contribution in [3.05, 3.63) is 0 Å². The molecule has 0 aliphatic heterocycles. The van der Waals surface area contributed by atoms with Crippen molar-refractivity contribution in [3.63, 3.8) is 0 Å². The molecule has 0 unspecified atom stereocenters. The van der Waals surface area contributed by atoms with E-state index in [1.54, 1.807) is 13.1 Å². The fourth-order valence-electron chi connectivity index (χ4n) is 0.469. The van der Waals surface area contributed by atoms with E-state index in [9.17, 15) is 0 Å². The van der Waals surface area contributed by atoms with E-state index in [0.29, 0.717) is 6.54 Å². The largest absolute Gasteiger partial charge is 0.369 e. The molecule has 0 saturated carbocycles. The Hall–Kier alpha value is -2.05. The summed E-state index contributed by atoms with van der Waals surface area (Å²) >= 11 is 0. The van der Waals surface area contributed by atoms with Crippen molar-refractivity contribution in [1.82, 2.24) is 5.43 Å². The van der Waals surface area contributed by atoms with Crippen molar-refractivity contribution in [2.45, 2.75) is 6.92 Å². The maximum absolute atomic E-state index is 6.59. The smallest absolute Gasteiger partial charge is 0.209 e. The van der Waals surface area contributed by atoms with Gasteiger partial charge in [0.2, 0.25) is 5.96 Å². The molecule has 0 aromatic rings. The van der Waals surface area contributed by atoms with Crippen LogP contribution in [0.4, 0.5) is 0 Å². The molecule has 0 atom stereocenters. The van der Waals surface area contributed by atoms with Crippen LogP contribution in [0.1, 0.15) is 6.92 Å². The number of nitrogens with two attached hydrogens (primary N) is 1. The molecule has 0 radical (unpaired) electrons. The van der Waals surface area contributed by atoms with Crippen LogP contribution in [0.2, 0.25) is 0 Å². The lowest BCUT2D eigenvalue weighted by Gasteiger charge is -1.95. The van der Waals surface area contributed by atoms with Gasteiger partial charge in [-0.05, 0) is 6.92 Å². The first-order valence-electron chi connectivity index (χ1n) is 3.87. The summed E-state index contributed by atoms with van der Waals surface area (Å²) in [4.78, 5) is 11.0. The van der Waals surface area contributed by atoms with Gasteiger partial charge in [0.15, 0.2) is 0 Å². The first-order valence-corrected chi connectivity index (χ1v) is 3.87. The fraction of sp³-hybridized carbons (Fsp3) is 0.286. The summed E-state index contributed by atoms with van der Waals surface area (Å²) in [7, 11) is 0. The van der Waals surface area contributed by atoms with Gasteiger partial charge in [-0.2, -0.15) is 5.10 Å². The second kappa shape index (κ2) is 9.04. The Labute approximate surface area is 82.1 Å². The average molecular weight is 195 g/mol. The van der Waals surface area contributed by atoms with E-state index in [4.69, 9.17) is 11.1 Å². The molecular weight excluding hydrogens is 182 g/mol. The van der Waals surface area contributed by atoms with Gasteiger partial charge < -0.3 is 5.73 Å². The van der Waals surface area contributed by atoms with Gasteiger partial charge in [-0.1, -0.05) is 0 Å². The standard InChI is InChI=1S/C7H13N7/c1-2-10-6-13-14-7(9)12-4-3-11-5-8/h2-3,5-6,8H,4H2,1H3,(H3,9,12,14)/b8-5?,10-2?,11-3?,13-6-. The van der Waals surface area contributed by atoms with Crippen LogP contribution in [0.3, 0.4) is 0 Å². The number of hydrogen-bond donors (Lipinski definition) is 3. The molecule has 0 aliphatic rings. The van der Waals surface area contributed by atoms with Gasteiger partial charge in [0, 0.05) is 12.4 Å². The summed E-state index contributed by atoms with van der Waals surface area (Å²) in [6, 6.07) is 0. The second-order valence-corrected chi connectivity index (χ2v) is 1.95. The van der Waals surface area contributed by atoms with Crippen molar-refractivity contribution in [2.24, 2.45) is 25.8 Å². The summed E-state index contributed by atoms with van der Waals surface area (Å²) in [6.07, 6.45) is 5.28. The number of aliphatic imine (C=N–C) groups is 3. The van der Waals surface area contributed by atoms with Crippen molar-refractivity contribution < 1.29 is 0 Å². The Balaban J connectivity index is 3.77. The predicted molar refractivity (Wildman–Crippen MR) is 59.6 cm³/mol. The molecule has 7 heteroatoms. The highest BCUT2D eigenvalue weighted by atomic mass is 15.4. The number of nitrogens with zero attached hydrogens (tertiary/aromatic N) is 4. The Bertz CT molecular complexity index is 263. The van der Waals surface area contributed by atoms with E-state index in [2.05, 4.69) is 25.5 Å². The van der Waals surface area contributed by atoms with Crippen LogP contribution in [0, 0.1) is 5.41 Å². The topological polar surface area (TPSA) is 111 Å². The number of hydrogen-bond acceptors (Lipinski definition) is 3. The molecule has 4 N–H and O–H groups in total. The molecule has 0 rings (SSSR count). The van der Waals surface area contributed by atoms with Crippen LogP contribution in [-0.2, 0) is 0 Å². The van der Waals surface area contributed by atoms with E-state index >= 15 is 0 Å². The molecule has 7 nitrogen and oxygen atoms in total. The first kappa shape index (κ1) is 11.9. The summed E-state index contributed by atoms with van der Waals surface area (Å²) in [5, 5.41) is 10.2. The van der Waals surface area contributed by atoms with Crippen molar-refractivity contribution in [1.29, 1.82) is 5.41 Å². The lowest BCUT2D eigenvalue weighted by Crippen LogP contribution is -2.27. The highest BCUT2D eigenvalue weighted by Gasteiger charge is 1.83. The monoisotopic (exact) mass is 195 g/mol. The van der Waals surface area contributed by atoms with Crippen LogP contribution < -0.4 is 11.2 Å². The van der Waals surface area contributed by atoms with E-state index in [0.717, 1.165) is 6.34 Å². The molecular formula is C7H13N7. The van der Waals surface area contributed by atoms with E-state index in [1.807, 2.05) is 0 Å². The van der Waals surface area contributed by atoms with Gasteiger partial charge in [-0.3, -0.25) is 5.41 Å². The third-order valence-corrected chi connectivity index (χ3v) is 0.976. The van der Waals surface area contributed by atoms with Crippen LogP contribution >= 0.6 is 0 Å². The zero-order valence-corrected chi connectivity index (χ0v) is 7.88. The molecule has 0 bridgehead atoms. The van der Waals surface area contributed by atoms with Crippen LogP contribution in [0.5, 0.6) is 0 Å². The zero-order chi connectivity index (χ0) is 10.6. The fourth-order valence-corrected chi connectivity index (χ4v) is 0.469. The summed E-state index contributed by atoms with van der Waals surface area (Å²) < 4.78 is 0. The van der Waals surface area contributed by atoms with E-state index < -0.39 is 0 Å². The Morgan fingerprint density at radius 2 is 2.29 bits per heavy atom. The van der Waals surface area contributed by atoms with Gasteiger partial charge >= 0.3 is 0 Å². The molecule has 0 amide bonds. The van der Waals surface area contributed by atoms with Gasteiger partial charge in [0.1, 0.15) is 12.7 Å². The van der Waals surface area contributed by atoms with E-state index in [1.165, 1.54) is 12.6 Å². The van der Waals surface area contributed by atoms with Crippen LogP contribution in [0.15, 0.2) is 20.1 Å². The van der Waals surface area contributed by atoms with Crippen molar-refractivity contribution in [3.8, 4) is 0 Å². The number of rotatable bonds is 5. The normalized spacial score (nSPS) is 13.1. The predicted octanol–water partition coefficient (Wildman–Crippen LogP) is -0.397. The molecule has 0 fully saturated rings. The molecule has 76 valence electrons. The summed E-state index contributed by atoms with van der Waals surface area (Å²) in [5.74, 6) is 0.170. The third-order valence-electron chi connectivity index (χ3n) is 0.976. The zero-order valence-electron chi connectivity index (χ0n) is 7.88. The molecule has 0 aromatic heterocycles. The molecule has 0 spiro atoms. The quantitative estimate of drug-likeness (QED) is 0.315. The number of hydrazone groups is 1. The molecule has 0 aliphatic carbocycles. The highest BCUT2D eigenvalue weighted by molar-refractivity contribution is 5.81. The van der Waals surface area contributed by atoms with Crippen LogP contribution in [0.25, 0.3) is 0 Å². The maximum Gasteiger partial charge on any atom is 0.209 e. The molecule has 0 heterocycles. The number of nitrogens with one attached hydrogen (secondary N) is 2. The summed E-state index contributed by atoms with van der Waals surface area (Å²) in [5.41, 5.74) is 7.85. The number of guanidine groups is 1. The van der Waals surface area contributed by atoms with Crippen molar-refractivity contribution >= 4 is 31.1 Å². The lowest BCUT2D eigenvalue weighted by molar-refractivity contribution is 0.998. The minimum Gasteiger partial charge on any atom is -0.369 e. The second-order valence-electron chi connectivity index (χ2n) is 1.95. The van der Waals surface area contributed by atoms with Gasteiger partial charge in [-0.15, -0.1) is 0 Å². The lowest BCUT2D eigenvalue weighted by atomic mass is 10.7. The minimum atomic E-state index is 0.170. The van der Waals surface area contributed by atoms with Gasteiger partial charge in [0.25, 0.3) is 0 Å². The molecule has 14 heavy (non-hydrogen) atoms. The molecule has 0 saturated heterocycles. The average Bonchev–Trinajstić information content (AvgIpc) is 2.19. The van der Waals surface area contributed by atoms with Crippen molar-refractivity contribution in [2.75, 3.05) is 6.54 Å². The first-order chi connectivity index (χ1) is 6.81. The third kappa shape index (κ3) is 8.05.